The number of hydrogen-bond acceptors (Lipinski definition) is 6. The molecule has 8 nitrogen and oxygen atoms in total. The maximum atomic E-state index is 12.7. The Balaban J connectivity index is 0.000000852. The van der Waals surface area contributed by atoms with Gasteiger partial charge in [0.15, 0.2) is 0 Å². The average molecular weight is 493 g/mol. The molecule has 0 fully saturated rings. The van der Waals surface area contributed by atoms with Gasteiger partial charge in [-0.1, -0.05) is 23.8 Å². The maximum absolute atomic E-state index is 12.7. The Bertz CT molecular complexity index is 880. The molecule has 1 heterocycles. The van der Waals surface area contributed by atoms with Gasteiger partial charge in [-0.25, -0.2) is 9.69 Å². The van der Waals surface area contributed by atoms with Crippen LogP contribution in [-0.2, 0) is 14.3 Å². The normalized spacial score (nSPS) is 19.6. The van der Waals surface area contributed by atoms with Crippen molar-refractivity contribution in [2.45, 2.75) is 59.2 Å². The van der Waals surface area contributed by atoms with Crippen molar-refractivity contribution >= 4 is 29.8 Å². The van der Waals surface area contributed by atoms with Crippen LogP contribution < -0.4 is 10.6 Å². The number of nitrogens with zero attached hydrogens (tertiary/aromatic N) is 1. The molecule has 2 amide bonds. The molecule has 0 aromatic heterocycles. The quantitative estimate of drug-likeness (QED) is 0.282. The SMILES string of the molecule is CC(C)O/C1=C/C=C(N(C(=N)C2=CCNC=C2Cl)C(=O)NCC=O)\C=C/CC1.COC(C)(C)C. The molecule has 34 heavy (non-hydrogen) atoms. The second-order valence-corrected chi connectivity index (χ2v) is 9.11. The summed E-state index contributed by atoms with van der Waals surface area (Å²) in [5.74, 6) is 0.720. The van der Waals surface area contributed by atoms with Crippen molar-refractivity contribution in [3.63, 3.8) is 0 Å². The highest BCUT2D eigenvalue weighted by molar-refractivity contribution is 6.36. The van der Waals surface area contributed by atoms with Crippen LogP contribution >= 0.6 is 11.6 Å². The van der Waals surface area contributed by atoms with Gasteiger partial charge in [0, 0.05) is 31.8 Å². The van der Waals surface area contributed by atoms with Gasteiger partial charge in [0.05, 0.1) is 34.7 Å². The fourth-order valence-corrected chi connectivity index (χ4v) is 2.91. The number of dihydropyridines is 1. The monoisotopic (exact) mass is 492 g/mol. The Labute approximate surface area is 207 Å². The molecule has 0 bridgehead atoms. The van der Waals surface area contributed by atoms with Crippen LogP contribution in [0.2, 0.25) is 0 Å². The first-order chi connectivity index (χ1) is 16.0. The molecule has 1 aliphatic heterocycles. The van der Waals surface area contributed by atoms with E-state index in [1.807, 2.05) is 40.7 Å². The number of methoxy groups -OCH3 is 1. The molecular formula is C25H37ClN4O4. The van der Waals surface area contributed by atoms with E-state index in [9.17, 15) is 9.59 Å². The van der Waals surface area contributed by atoms with Crippen LogP contribution in [0.25, 0.3) is 0 Å². The molecule has 1 aliphatic carbocycles. The fourth-order valence-electron chi connectivity index (χ4n) is 2.67. The molecule has 0 radical (unpaired) electrons. The van der Waals surface area contributed by atoms with E-state index in [0.29, 0.717) is 29.1 Å². The summed E-state index contributed by atoms with van der Waals surface area (Å²) in [6.07, 6.45) is 12.7. The smallest absolute Gasteiger partial charge is 0.328 e. The van der Waals surface area contributed by atoms with Crippen LogP contribution in [0.15, 0.2) is 58.6 Å². The van der Waals surface area contributed by atoms with E-state index in [1.165, 1.54) is 4.90 Å². The van der Waals surface area contributed by atoms with Crippen LogP contribution in [0.3, 0.4) is 0 Å². The lowest BCUT2D eigenvalue weighted by Gasteiger charge is -2.27. The average Bonchev–Trinajstić information content (AvgIpc) is 2.76. The third-order valence-corrected chi connectivity index (χ3v) is 4.78. The van der Waals surface area contributed by atoms with Crippen LogP contribution in [0.1, 0.15) is 47.5 Å². The molecule has 9 heteroatoms. The summed E-state index contributed by atoms with van der Waals surface area (Å²) in [7, 11) is 1.71. The van der Waals surface area contributed by atoms with Gasteiger partial charge in [0.1, 0.15) is 12.1 Å². The second-order valence-electron chi connectivity index (χ2n) is 8.70. The topological polar surface area (TPSA) is 104 Å². The van der Waals surface area contributed by atoms with E-state index in [4.69, 9.17) is 26.5 Å². The third kappa shape index (κ3) is 10.4. The highest BCUT2D eigenvalue weighted by Gasteiger charge is 2.26. The van der Waals surface area contributed by atoms with Crippen LogP contribution in [0.4, 0.5) is 4.79 Å². The molecule has 3 N–H and O–H groups in total. The van der Waals surface area contributed by atoms with Crippen molar-refractivity contribution in [1.82, 2.24) is 15.5 Å². The predicted octanol–water partition coefficient (Wildman–Crippen LogP) is 4.76. The van der Waals surface area contributed by atoms with Gasteiger partial charge >= 0.3 is 6.03 Å². The van der Waals surface area contributed by atoms with Crippen LogP contribution in [0, 0.1) is 5.41 Å². The first-order valence-corrected chi connectivity index (χ1v) is 11.6. The summed E-state index contributed by atoms with van der Waals surface area (Å²) in [5.41, 5.74) is 0.947. The summed E-state index contributed by atoms with van der Waals surface area (Å²) >= 11 is 6.21. The van der Waals surface area contributed by atoms with E-state index in [2.05, 4.69) is 10.6 Å². The van der Waals surface area contributed by atoms with Crippen molar-refractivity contribution in [1.29, 1.82) is 5.41 Å². The number of hydrogen-bond donors (Lipinski definition) is 3. The van der Waals surface area contributed by atoms with Crippen LogP contribution in [0.5, 0.6) is 0 Å². The second kappa shape index (κ2) is 14.4. The van der Waals surface area contributed by atoms with Gasteiger partial charge in [-0.05, 0) is 59.3 Å². The van der Waals surface area contributed by atoms with Crippen molar-refractivity contribution in [3.05, 3.63) is 58.6 Å². The molecule has 0 saturated carbocycles. The number of ether oxygens (including phenoxy) is 2. The Morgan fingerprint density at radius 1 is 1.35 bits per heavy atom. The highest BCUT2D eigenvalue weighted by Crippen LogP contribution is 2.24. The molecule has 188 valence electrons. The Morgan fingerprint density at radius 2 is 2.03 bits per heavy atom. The number of carbonyl (C=O) groups excluding carboxylic acids is 2. The number of amides is 2. The zero-order chi connectivity index (χ0) is 25.7. The zero-order valence-electron chi connectivity index (χ0n) is 20.9. The van der Waals surface area contributed by atoms with Crippen molar-refractivity contribution < 1.29 is 19.1 Å². The number of rotatable bonds is 6. The summed E-state index contributed by atoms with van der Waals surface area (Å²) in [6, 6.07) is -0.586. The Kier molecular flexibility index (Phi) is 12.4. The molecule has 0 aromatic rings. The van der Waals surface area contributed by atoms with Crippen molar-refractivity contribution in [2.24, 2.45) is 0 Å². The van der Waals surface area contributed by atoms with Crippen molar-refractivity contribution in [3.8, 4) is 0 Å². The number of nitrogens with one attached hydrogen (secondary N) is 3. The number of allylic oxidation sites excluding steroid dienone is 5. The molecule has 0 atom stereocenters. The van der Waals surface area contributed by atoms with E-state index >= 15 is 0 Å². The molecule has 0 spiro atoms. The molecular weight excluding hydrogens is 456 g/mol. The number of halogens is 1. The molecule has 0 saturated heterocycles. The number of aldehydes is 1. The summed E-state index contributed by atoms with van der Waals surface area (Å²) < 4.78 is 10.7. The maximum Gasteiger partial charge on any atom is 0.328 e. The van der Waals surface area contributed by atoms with E-state index in [1.54, 1.807) is 37.6 Å². The standard InChI is InChI=1S/C20H25ClN4O3.C5H12O/c1-14(2)28-16-6-4-3-5-15(7-8-16)25(20(27)24-11-12-26)19(22)17-9-10-23-13-18(17)21;1-5(2,3)6-4/h3,5,7-9,12-14,22-23H,4,6,10-11H2,1-2H3,(H,24,27);1-4H3/b5-3-,15-7+,16-8+,22-19?;. The number of urea groups is 1. The summed E-state index contributed by atoms with van der Waals surface area (Å²) in [4.78, 5) is 24.6. The Hall–Kier alpha value is -2.84. The fraction of sp³-hybridized carbons (Fsp3) is 0.480. The van der Waals surface area contributed by atoms with Gasteiger partial charge < -0.3 is 24.9 Å². The van der Waals surface area contributed by atoms with Gasteiger partial charge in [-0.2, -0.15) is 0 Å². The first kappa shape index (κ1) is 29.2. The van der Waals surface area contributed by atoms with E-state index in [-0.39, 0.29) is 24.1 Å². The molecule has 2 rings (SSSR count). The third-order valence-electron chi connectivity index (χ3n) is 4.47. The van der Waals surface area contributed by atoms with Gasteiger partial charge in [0.2, 0.25) is 0 Å². The lowest BCUT2D eigenvalue weighted by Crippen LogP contribution is -2.44. The van der Waals surface area contributed by atoms with Gasteiger partial charge in [-0.3, -0.25) is 5.41 Å². The minimum absolute atomic E-state index is 0.0417. The minimum Gasteiger partial charge on any atom is -0.495 e. The highest BCUT2D eigenvalue weighted by atomic mass is 35.5. The molecule has 0 unspecified atom stereocenters. The van der Waals surface area contributed by atoms with Gasteiger partial charge in [0.25, 0.3) is 0 Å². The lowest BCUT2D eigenvalue weighted by atomic mass is 10.1. The number of amidine groups is 1. The zero-order valence-corrected chi connectivity index (χ0v) is 21.7. The predicted molar refractivity (Wildman–Crippen MR) is 137 cm³/mol. The largest absolute Gasteiger partial charge is 0.495 e. The van der Waals surface area contributed by atoms with Crippen LogP contribution in [-0.4, -0.2) is 55.0 Å². The summed E-state index contributed by atoms with van der Waals surface area (Å²) in [5, 5.41) is 14.4. The van der Waals surface area contributed by atoms with E-state index < -0.39 is 6.03 Å². The molecule has 0 aromatic carbocycles. The lowest BCUT2D eigenvalue weighted by molar-refractivity contribution is -0.107. The minimum atomic E-state index is -0.586. The molecule has 2 aliphatic rings. The van der Waals surface area contributed by atoms with Gasteiger partial charge in [-0.15, -0.1) is 0 Å². The van der Waals surface area contributed by atoms with E-state index in [0.717, 1.165) is 18.6 Å². The number of carbonyl (C=O) groups is 2. The first-order valence-electron chi connectivity index (χ1n) is 11.2. The Morgan fingerprint density at radius 3 is 2.59 bits per heavy atom. The summed E-state index contributed by atoms with van der Waals surface area (Å²) in [6.45, 7) is 10.3. The van der Waals surface area contributed by atoms with Crippen molar-refractivity contribution in [2.75, 3.05) is 20.2 Å².